The number of fused-ring (bicyclic) bond motifs is 1. The second-order valence-corrected chi connectivity index (χ2v) is 4.80. The van der Waals surface area contributed by atoms with E-state index in [0.717, 1.165) is 17.8 Å². The Balaban J connectivity index is 2.30. The molecule has 1 N–H and O–H groups in total. The van der Waals surface area contributed by atoms with Crippen molar-refractivity contribution in [3.8, 4) is 0 Å². The van der Waals surface area contributed by atoms with Gasteiger partial charge in [-0.3, -0.25) is 0 Å². The minimum absolute atomic E-state index is 0.385. The smallest absolute Gasteiger partial charge is 0.134 e. The number of furan rings is 1. The summed E-state index contributed by atoms with van der Waals surface area (Å²) in [5.41, 5.74) is 2.24. The highest BCUT2D eigenvalue weighted by Crippen LogP contribution is 2.28. The molecule has 86 valence electrons. The Kier molecular flexibility index (Phi) is 3.91. The largest absolute Gasteiger partial charge is 0.464 e. The van der Waals surface area contributed by atoms with Gasteiger partial charge in [0.15, 0.2) is 0 Å². The van der Waals surface area contributed by atoms with Gasteiger partial charge in [0, 0.05) is 17.0 Å². The Morgan fingerprint density at radius 2 is 2.19 bits per heavy atom. The maximum atomic E-state index is 5.56. The first kappa shape index (κ1) is 11.6. The highest BCUT2D eigenvalue weighted by molar-refractivity contribution is 7.98. The van der Waals surface area contributed by atoms with Crippen molar-refractivity contribution >= 4 is 22.7 Å². The standard InChI is InChI=1S/C13H17NOS/c1-14-12(7-8-16-2)11-9-15-13-6-4-3-5-10(11)13/h3-6,9,12,14H,7-8H2,1-2H3. The fraction of sp³-hybridized carbons (Fsp3) is 0.385. The monoisotopic (exact) mass is 235 g/mol. The van der Waals surface area contributed by atoms with Gasteiger partial charge >= 0.3 is 0 Å². The van der Waals surface area contributed by atoms with Gasteiger partial charge in [-0.2, -0.15) is 11.8 Å². The molecule has 0 saturated heterocycles. The van der Waals surface area contributed by atoms with Crippen molar-refractivity contribution in [3.63, 3.8) is 0 Å². The Bertz CT molecular complexity index is 452. The Labute approximate surface area is 100 Å². The molecule has 0 saturated carbocycles. The first-order chi connectivity index (χ1) is 7.86. The highest BCUT2D eigenvalue weighted by atomic mass is 32.2. The van der Waals surface area contributed by atoms with Gasteiger partial charge < -0.3 is 9.73 Å². The zero-order valence-electron chi connectivity index (χ0n) is 9.69. The van der Waals surface area contributed by atoms with E-state index in [1.807, 2.05) is 37.2 Å². The fourth-order valence-corrected chi connectivity index (χ4v) is 2.43. The summed E-state index contributed by atoms with van der Waals surface area (Å²) in [5.74, 6) is 1.16. The molecule has 3 heteroatoms. The molecule has 2 nitrogen and oxygen atoms in total. The first-order valence-corrected chi connectivity index (χ1v) is 6.88. The molecule has 0 aliphatic heterocycles. The van der Waals surface area contributed by atoms with Crippen LogP contribution in [0.15, 0.2) is 34.9 Å². The third kappa shape index (κ3) is 2.25. The maximum absolute atomic E-state index is 5.56. The molecule has 1 unspecified atom stereocenters. The highest BCUT2D eigenvalue weighted by Gasteiger charge is 2.14. The zero-order valence-corrected chi connectivity index (χ0v) is 10.5. The lowest BCUT2D eigenvalue weighted by atomic mass is 10.0. The number of benzene rings is 1. The van der Waals surface area contributed by atoms with Gasteiger partial charge in [-0.05, 0) is 31.5 Å². The Morgan fingerprint density at radius 1 is 1.38 bits per heavy atom. The van der Waals surface area contributed by atoms with Crippen molar-refractivity contribution < 1.29 is 4.42 Å². The molecule has 2 rings (SSSR count). The van der Waals surface area contributed by atoms with Crippen LogP contribution in [0.3, 0.4) is 0 Å². The maximum Gasteiger partial charge on any atom is 0.134 e. The van der Waals surface area contributed by atoms with Crippen LogP contribution in [-0.4, -0.2) is 19.1 Å². The van der Waals surface area contributed by atoms with Crippen molar-refractivity contribution in [2.24, 2.45) is 0 Å². The summed E-state index contributed by atoms with van der Waals surface area (Å²) in [6.07, 6.45) is 5.15. The van der Waals surface area contributed by atoms with E-state index in [2.05, 4.69) is 23.7 Å². The summed E-state index contributed by atoms with van der Waals surface area (Å²) in [4.78, 5) is 0. The van der Waals surface area contributed by atoms with Crippen LogP contribution in [0, 0.1) is 0 Å². The minimum atomic E-state index is 0.385. The van der Waals surface area contributed by atoms with Gasteiger partial charge in [0.05, 0.1) is 6.26 Å². The van der Waals surface area contributed by atoms with Gasteiger partial charge in [0.25, 0.3) is 0 Å². The van der Waals surface area contributed by atoms with Crippen LogP contribution in [0.4, 0.5) is 0 Å². The van der Waals surface area contributed by atoms with E-state index in [9.17, 15) is 0 Å². The minimum Gasteiger partial charge on any atom is -0.464 e. The number of nitrogens with one attached hydrogen (secondary N) is 1. The Hall–Kier alpha value is -0.930. The molecule has 1 aromatic carbocycles. The van der Waals surface area contributed by atoms with E-state index in [0.29, 0.717) is 6.04 Å². The van der Waals surface area contributed by atoms with Gasteiger partial charge in [0.2, 0.25) is 0 Å². The van der Waals surface area contributed by atoms with Crippen molar-refractivity contribution in [1.82, 2.24) is 5.32 Å². The lowest BCUT2D eigenvalue weighted by molar-refractivity contribution is 0.557. The van der Waals surface area contributed by atoms with Gasteiger partial charge in [0.1, 0.15) is 5.58 Å². The molecule has 0 aliphatic carbocycles. The average Bonchev–Trinajstić information content (AvgIpc) is 2.75. The van der Waals surface area contributed by atoms with Crippen LogP contribution < -0.4 is 5.32 Å². The lowest BCUT2D eigenvalue weighted by Crippen LogP contribution is -2.16. The van der Waals surface area contributed by atoms with Crippen LogP contribution in [-0.2, 0) is 0 Å². The molecule has 0 spiro atoms. The summed E-state index contributed by atoms with van der Waals surface area (Å²) in [7, 11) is 2.01. The van der Waals surface area contributed by atoms with E-state index >= 15 is 0 Å². The van der Waals surface area contributed by atoms with E-state index in [1.165, 1.54) is 10.9 Å². The second-order valence-electron chi connectivity index (χ2n) is 3.81. The van der Waals surface area contributed by atoms with Crippen LogP contribution >= 0.6 is 11.8 Å². The molecule has 1 atom stereocenters. The van der Waals surface area contributed by atoms with E-state index in [1.54, 1.807) is 0 Å². The van der Waals surface area contributed by atoms with Crippen LogP contribution in [0.2, 0.25) is 0 Å². The molecule has 16 heavy (non-hydrogen) atoms. The van der Waals surface area contributed by atoms with Crippen molar-refractivity contribution in [2.75, 3.05) is 19.1 Å². The molecular formula is C13H17NOS. The van der Waals surface area contributed by atoms with Gasteiger partial charge in [-0.25, -0.2) is 0 Å². The second kappa shape index (κ2) is 5.41. The molecule has 1 aromatic heterocycles. The molecule has 2 aromatic rings. The van der Waals surface area contributed by atoms with Gasteiger partial charge in [-0.1, -0.05) is 18.2 Å². The predicted octanol–water partition coefficient (Wildman–Crippen LogP) is 3.45. The van der Waals surface area contributed by atoms with Gasteiger partial charge in [-0.15, -0.1) is 0 Å². The average molecular weight is 235 g/mol. The number of para-hydroxylation sites is 1. The zero-order chi connectivity index (χ0) is 11.4. The number of hydrogen-bond acceptors (Lipinski definition) is 3. The number of hydrogen-bond donors (Lipinski definition) is 1. The van der Waals surface area contributed by atoms with Crippen molar-refractivity contribution in [1.29, 1.82) is 0 Å². The van der Waals surface area contributed by atoms with Crippen LogP contribution in [0.1, 0.15) is 18.0 Å². The van der Waals surface area contributed by atoms with Crippen molar-refractivity contribution in [2.45, 2.75) is 12.5 Å². The topological polar surface area (TPSA) is 25.2 Å². The normalized spacial score (nSPS) is 13.1. The fourth-order valence-electron chi connectivity index (χ4n) is 1.96. The summed E-state index contributed by atoms with van der Waals surface area (Å²) in [6, 6.07) is 8.59. The Morgan fingerprint density at radius 3 is 2.94 bits per heavy atom. The molecule has 0 fully saturated rings. The quantitative estimate of drug-likeness (QED) is 0.859. The summed E-state index contributed by atoms with van der Waals surface area (Å²) in [6.45, 7) is 0. The SMILES string of the molecule is CNC(CCSC)c1coc2ccccc12. The summed E-state index contributed by atoms with van der Waals surface area (Å²) >= 11 is 1.88. The molecule has 0 radical (unpaired) electrons. The van der Waals surface area contributed by atoms with Crippen LogP contribution in [0.5, 0.6) is 0 Å². The van der Waals surface area contributed by atoms with E-state index < -0.39 is 0 Å². The third-order valence-corrected chi connectivity index (χ3v) is 3.49. The van der Waals surface area contributed by atoms with Crippen molar-refractivity contribution in [3.05, 3.63) is 36.1 Å². The summed E-state index contributed by atoms with van der Waals surface area (Å²) in [5, 5.41) is 4.58. The molecule has 0 aliphatic rings. The first-order valence-electron chi connectivity index (χ1n) is 5.49. The van der Waals surface area contributed by atoms with Crippen LogP contribution in [0.25, 0.3) is 11.0 Å². The van der Waals surface area contributed by atoms with E-state index in [4.69, 9.17) is 4.42 Å². The van der Waals surface area contributed by atoms with E-state index in [-0.39, 0.29) is 0 Å². The number of rotatable bonds is 5. The third-order valence-electron chi connectivity index (χ3n) is 2.85. The summed E-state index contributed by atoms with van der Waals surface area (Å²) < 4.78 is 5.56. The predicted molar refractivity (Wildman–Crippen MR) is 71.0 cm³/mol. The molecule has 1 heterocycles. The lowest BCUT2D eigenvalue weighted by Gasteiger charge is -2.14. The number of thioether (sulfide) groups is 1. The molecule has 0 amide bonds. The molecule has 0 bridgehead atoms. The molecular weight excluding hydrogens is 218 g/mol.